The van der Waals surface area contributed by atoms with Crippen molar-refractivity contribution < 1.29 is 19.4 Å². The number of hydrogen-bond acceptors (Lipinski definition) is 3. The van der Waals surface area contributed by atoms with Gasteiger partial charge in [-0.15, -0.1) is 0 Å². The molecule has 1 heterocycles. The maximum Gasteiger partial charge on any atom is 0.332 e. The molecule has 1 aliphatic heterocycles. The minimum absolute atomic E-state index is 0.0175. The van der Waals surface area contributed by atoms with E-state index in [-0.39, 0.29) is 18.9 Å². The van der Waals surface area contributed by atoms with Gasteiger partial charge < -0.3 is 14.7 Å². The molecule has 2 aromatic carbocycles. The van der Waals surface area contributed by atoms with Crippen LogP contribution < -0.4 is 0 Å². The fourth-order valence-electron chi connectivity index (χ4n) is 3.62. The van der Waals surface area contributed by atoms with Crippen molar-refractivity contribution in [1.29, 1.82) is 0 Å². The predicted molar refractivity (Wildman–Crippen MR) is 90.8 cm³/mol. The molecule has 1 aliphatic rings. The molecule has 1 unspecified atom stereocenters. The second kappa shape index (κ2) is 6.61. The maximum absolute atomic E-state index is 12.9. The number of ether oxygens (including phenoxy) is 1. The number of hydrogen-bond donors (Lipinski definition) is 1. The normalized spacial score (nSPS) is 20.5. The Bertz CT molecular complexity index is 768. The smallest absolute Gasteiger partial charge is 0.332 e. The number of carbonyl (C=O) groups is 2. The minimum atomic E-state index is -1.24. The van der Waals surface area contributed by atoms with Crippen molar-refractivity contribution in [2.75, 3.05) is 20.3 Å². The highest BCUT2D eigenvalue weighted by molar-refractivity contribution is 5.93. The highest BCUT2D eigenvalue weighted by Crippen LogP contribution is 2.31. The average Bonchev–Trinajstić information content (AvgIpc) is 3.01. The largest absolute Gasteiger partial charge is 0.479 e. The first kappa shape index (κ1) is 16.5. The quantitative estimate of drug-likeness (QED) is 0.916. The Balaban J connectivity index is 1.89. The van der Waals surface area contributed by atoms with E-state index in [4.69, 9.17) is 4.74 Å². The van der Waals surface area contributed by atoms with Crippen molar-refractivity contribution in [3.8, 4) is 0 Å². The Kier molecular flexibility index (Phi) is 4.53. The third kappa shape index (κ3) is 2.76. The van der Waals surface area contributed by atoms with E-state index in [1.165, 1.54) is 12.0 Å². The Hall–Kier alpha value is -2.40. The standard InChI is InChI=1S/C19H21NO4/c1-24-13-19(18(22)23)10-5-11-20(19)17(21)12-15-8-4-7-14-6-2-3-9-16(14)15/h2-4,6-9H,5,10-13H2,1H3,(H,22,23). The molecule has 1 N–H and O–H groups in total. The summed E-state index contributed by atoms with van der Waals surface area (Å²) in [4.78, 5) is 26.2. The molecule has 0 aliphatic carbocycles. The third-order valence-electron chi connectivity index (χ3n) is 4.79. The Morgan fingerprint density at radius 3 is 2.71 bits per heavy atom. The molecular formula is C19H21NO4. The summed E-state index contributed by atoms with van der Waals surface area (Å²) in [5.41, 5.74) is -0.321. The molecule has 5 nitrogen and oxygen atoms in total. The second-order valence-electron chi connectivity index (χ2n) is 6.23. The molecule has 3 rings (SSSR count). The van der Waals surface area contributed by atoms with Crippen LogP contribution >= 0.6 is 0 Å². The molecule has 126 valence electrons. The molecule has 5 heteroatoms. The minimum Gasteiger partial charge on any atom is -0.479 e. The van der Waals surface area contributed by atoms with Crippen LogP contribution in [0.5, 0.6) is 0 Å². The molecule has 1 saturated heterocycles. The van der Waals surface area contributed by atoms with Crippen LogP contribution in [0.25, 0.3) is 10.8 Å². The Morgan fingerprint density at radius 1 is 1.21 bits per heavy atom. The van der Waals surface area contributed by atoms with Crippen molar-refractivity contribution in [3.63, 3.8) is 0 Å². The molecule has 0 aromatic heterocycles. The van der Waals surface area contributed by atoms with Crippen molar-refractivity contribution in [2.45, 2.75) is 24.8 Å². The predicted octanol–water partition coefficient (Wildman–Crippen LogP) is 2.47. The molecule has 0 spiro atoms. The topological polar surface area (TPSA) is 66.8 Å². The number of carboxylic acids is 1. The van der Waals surface area contributed by atoms with Gasteiger partial charge in [-0.25, -0.2) is 4.79 Å². The summed E-state index contributed by atoms with van der Waals surface area (Å²) in [6, 6.07) is 13.8. The van der Waals surface area contributed by atoms with E-state index in [1.54, 1.807) is 0 Å². The van der Waals surface area contributed by atoms with Gasteiger partial charge in [0, 0.05) is 13.7 Å². The first-order valence-corrected chi connectivity index (χ1v) is 8.08. The monoisotopic (exact) mass is 327 g/mol. The molecule has 2 aromatic rings. The van der Waals surface area contributed by atoms with E-state index in [2.05, 4.69) is 0 Å². The summed E-state index contributed by atoms with van der Waals surface area (Å²) in [6.07, 6.45) is 1.30. The van der Waals surface area contributed by atoms with E-state index in [0.29, 0.717) is 19.4 Å². The lowest BCUT2D eigenvalue weighted by Gasteiger charge is -2.34. The lowest BCUT2D eigenvalue weighted by atomic mass is 9.96. The lowest BCUT2D eigenvalue weighted by Crippen LogP contribution is -2.56. The molecule has 1 fully saturated rings. The number of nitrogens with zero attached hydrogens (tertiary/aromatic N) is 1. The molecule has 0 bridgehead atoms. The van der Waals surface area contributed by atoms with Crippen LogP contribution in [0, 0.1) is 0 Å². The fourth-order valence-corrected chi connectivity index (χ4v) is 3.62. The van der Waals surface area contributed by atoms with Crippen LogP contribution in [0.2, 0.25) is 0 Å². The van der Waals surface area contributed by atoms with Crippen molar-refractivity contribution >= 4 is 22.6 Å². The van der Waals surface area contributed by atoms with Crippen LogP contribution in [0.3, 0.4) is 0 Å². The maximum atomic E-state index is 12.9. The van der Waals surface area contributed by atoms with Gasteiger partial charge in [0.2, 0.25) is 5.91 Å². The third-order valence-corrected chi connectivity index (χ3v) is 4.79. The van der Waals surface area contributed by atoms with Gasteiger partial charge in [0.1, 0.15) is 0 Å². The van der Waals surface area contributed by atoms with Gasteiger partial charge in [-0.05, 0) is 29.2 Å². The van der Waals surface area contributed by atoms with Gasteiger partial charge in [0.05, 0.1) is 13.0 Å². The zero-order valence-corrected chi connectivity index (χ0v) is 13.7. The molecule has 0 saturated carbocycles. The Morgan fingerprint density at radius 2 is 1.96 bits per heavy atom. The molecule has 1 atom stereocenters. The van der Waals surface area contributed by atoms with E-state index < -0.39 is 11.5 Å². The molecule has 0 radical (unpaired) electrons. The van der Waals surface area contributed by atoms with Gasteiger partial charge in [-0.3, -0.25) is 4.79 Å². The number of aliphatic carboxylic acids is 1. The zero-order valence-electron chi connectivity index (χ0n) is 13.7. The van der Waals surface area contributed by atoms with Crippen molar-refractivity contribution in [2.24, 2.45) is 0 Å². The number of amides is 1. The van der Waals surface area contributed by atoms with Crippen LogP contribution in [0.15, 0.2) is 42.5 Å². The van der Waals surface area contributed by atoms with E-state index in [0.717, 1.165) is 16.3 Å². The van der Waals surface area contributed by atoms with Crippen LogP contribution in [-0.4, -0.2) is 47.7 Å². The van der Waals surface area contributed by atoms with Gasteiger partial charge in [0.15, 0.2) is 5.54 Å². The first-order chi connectivity index (χ1) is 11.6. The fraction of sp³-hybridized carbons (Fsp3) is 0.368. The average molecular weight is 327 g/mol. The van der Waals surface area contributed by atoms with Gasteiger partial charge in [0.25, 0.3) is 0 Å². The summed E-state index contributed by atoms with van der Waals surface area (Å²) in [5, 5.41) is 11.8. The van der Waals surface area contributed by atoms with Crippen molar-refractivity contribution in [3.05, 3.63) is 48.0 Å². The molecule has 24 heavy (non-hydrogen) atoms. The van der Waals surface area contributed by atoms with E-state index >= 15 is 0 Å². The van der Waals surface area contributed by atoms with Gasteiger partial charge >= 0.3 is 5.97 Å². The number of methoxy groups -OCH3 is 1. The summed E-state index contributed by atoms with van der Waals surface area (Å²) in [6.45, 7) is 0.475. The number of benzene rings is 2. The summed E-state index contributed by atoms with van der Waals surface area (Å²) in [7, 11) is 1.47. The highest BCUT2D eigenvalue weighted by atomic mass is 16.5. The van der Waals surface area contributed by atoms with E-state index in [1.807, 2.05) is 42.5 Å². The number of likely N-dealkylation sites (tertiary alicyclic amines) is 1. The van der Waals surface area contributed by atoms with Crippen LogP contribution in [-0.2, 0) is 20.7 Å². The van der Waals surface area contributed by atoms with E-state index in [9.17, 15) is 14.7 Å². The summed E-state index contributed by atoms with van der Waals surface area (Å²) in [5.74, 6) is -1.16. The molecular weight excluding hydrogens is 306 g/mol. The first-order valence-electron chi connectivity index (χ1n) is 8.08. The zero-order chi connectivity index (χ0) is 17.2. The lowest BCUT2D eigenvalue weighted by molar-refractivity contribution is -0.160. The molecule has 1 amide bonds. The van der Waals surface area contributed by atoms with Crippen molar-refractivity contribution in [1.82, 2.24) is 4.90 Å². The number of rotatable bonds is 5. The second-order valence-corrected chi connectivity index (χ2v) is 6.23. The summed E-state index contributed by atoms with van der Waals surface area (Å²) < 4.78 is 5.12. The van der Waals surface area contributed by atoms with Gasteiger partial charge in [-0.1, -0.05) is 42.5 Å². The number of fused-ring (bicyclic) bond motifs is 1. The van der Waals surface area contributed by atoms with Gasteiger partial charge in [-0.2, -0.15) is 0 Å². The number of carbonyl (C=O) groups excluding carboxylic acids is 1. The summed E-state index contributed by atoms with van der Waals surface area (Å²) >= 11 is 0. The highest BCUT2D eigenvalue weighted by Gasteiger charge is 2.50. The van der Waals surface area contributed by atoms with Crippen LogP contribution in [0.1, 0.15) is 18.4 Å². The van der Waals surface area contributed by atoms with Crippen LogP contribution in [0.4, 0.5) is 0 Å². The Labute approximate surface area is 140 Å². The number of carboxylic acid groups (broad SMARTS) is 1. The SMILES string of the molecule is COCC1(C(=O)O)CCCN1C(=O)Cc1cccc2ccccc12.